The third-order valence-corrected chi connectivity index (χ3v) is 4.82. The van der Waals surface area contributed by atoms with E-state index in [0.717, 1.165) is 47.8 Å². The topological polar surface area (TPSA) is 67.6 Å². The monoisotopic (exact) mass is 343 g/mol. The summed E-state index contributed by atoms with van der Waals surface area (Å²) in [6.45, 7) is 6.08. The molecule has 0 spiro atoms. The highest BCUT2D eigenvalue weighted by Gasteiger charge is 2.23. The molecule has 6 heteroatoms. The molecule has 25 heavy (non-hydrogen) atoms. The molecule has 1 atom stereocenters. The maximum Gasteiger partial charge on any atom is 0.227 e. The summed E-state index contributed by atoms with van der Waals surface area (Å²) in [5.74, 6) is 1.70. The number of aromatic nitrogens is 1. The summed E-state index contributed by atoms with van der Waals surface area (Å²) in [5.41, 5.74) is 2.82. The maximum absolute atomic E-state index is 12.4. The van der Waals surface area contributed by atoms with Crippen molar-refractivity contribution < 1.29 is 14.1 Å². The molecule has 1 fully saturated rings. The Hall–Kier alpha value is -2.34. The molecular weight excluding hydrogens is 318 g/mol. The molecule has 0 bridgehead atoms. The number of carbonyl (C=O) groups excluding carboxylic acids is 1. The SMILES string of the molecule is Cc1noc(C)c1COc1ccc(CC(=O)N(C)C2CCNC2)cc1. The van der Waals surface area contributed by atoms with Gasteiger partial charge in [-0.05, 0) is 44.5 Å². The Balaban J connectivity index is 1.54. The molecule has 1 aliphatic heterocycles. The Morgan fingerprint density at radius 1 is 1.36 bits per heavy atom. The van der Waals surface area contributed by atoms with Gasteiger partial charge in [0.25, 0.3) is 0 Å². The lowest BCUT2D eigenvalue weighted by Gasteiger charge is -2.23. The predicted molar refractivity (Wildman–Crippen MR) is 94.5 cm³/mol. The number of benzene rings is 1. The van der Waals surface area contributed by atoms with Crippen LogP contribution < -0.4 is 10.1 Å². The van der Waals surface area contributed by atoms with Gasteiger partial charge in [0, 0.05) is 19.6 Å². The van der Waals surface area contributed by atoms with E-state index in [2.05, 4.69) is 10.5 Å². The van der Waals surface area contributed by atoms with Crippen molar-refractivity contribution in [2.75, 3.05) is 20.1 Å². The van der Waals surface area contributed by atoms with Crippen molar-refractivity contribution >= 4 is 5.91 Å². The van der Waals surface area contributed by atoms with Crippen LogP contribution in [-0.4, -0.2) is 42.1 Å². The first-order valence-electron chi connectivity index (χ1n) is 8.64. The van der Waals surface area contributed by atoms with Gasteiger partial charge >= 0.3 is 0 Å². The van der Waals surface area contributed by atoms with E-state index in [1.807, 2.05) is 50.1 Å². The van der Waals surface area contributed by atoms with Crippen molar-refractivity contribution in [3.8, 4) is 5.75 Å². The summed E-state index contributed by atoms with van der Waals surface area (Å²) in [7, 11) is 1.89. The molecule has 1 N–H and O–H groups in total. The second-order valence-corrected chi connectivity index (χ2v) is 6.56. The Kier molecular flexibility index (Phi) is 5.38. The molecule has 1 unspecified atom stereocenters. The van der Waals surface area contributed by atoms with Crippen molar-refractivity contribution in [2.24, 2.45) is 0 Å². The van der Waals surface area contributed by atoms with E-state index in [4.69, 9.17) is 9.26 Å². The van der Waals surface area contributed by atoms with Gasteiger partial charge in [-0.25, -0.2) is 0 Å². The summed E-state index contributed by atoms with van der Waals surface area (Å²) in [6, 6.07) is 8.00. The van der Waals surface area contributed by atoms with Gasteiger partial charge in [0.1, 0.15) is 18.1 Å². The van der Waals surface area contributed by atoms with Crippen LogP contribution in [0.5, 0.6) is 5.75 Å². The van der Waals surface area contributed by atoms with E-state index >= 15 is 0 Å². The number of hydrogen-bond acceptors (Lipinski definition) is 5. The van der Waals surface area contributed by atoms with Crippen LogP contribution in [0.1, 0.15) is 29.0 Å². The number of rotatable bonds is 6. The Labute approximate surface area is 148 Å². The van der Waals surface area contributed by atoms with E-state index in [-0.39, 0.29) is 5.91 Å². The normalized spacial score (nSPS) is 16.8. The quantitative estimate of drug-likeness (QED) is 0.871. The fourth-order valence-electron chi connectivity index (χ4n) is 3.04. The zero-order valence-corrected chi connectivity index (χ0v) is 15.0. The lowest BCUT2D eigenvalue weighted by Crippen LogP contribution is -2.39. The number of nitrogens with one attached hydrogen (secondary N) is 1. The maximum atomic E-state index is 12.4. The number of amides is 1. The summed E-state index contributed by atoms with van der Waals surface area (Å²) in [6.07, 6.45) is 1.44. The van der Waals surface area contributed by atoms with Crippen LogP contribution in [0.2, 0.25) is 0 Å². The minimum atomic E-state index is 0.151. The van der Waals surface area contributed by atoms with Crippen LogP contribution in [0.3, 0.4) is 0 Å². The molecule has 3 rings (SSSR count). The molecule has 2 aromatic rings. The van der Waals surface area contributed by atoms with Gasteiger partial charge in [-0.3, -0.25) is 4.79 Å². The van der Waals surface area contributed by atoms with Crippen molar-refractivity contribution in [3.63, 3.8) is 0 Å². The van der Waals surface area contributed by atoms with Gasteiger partial charge in [-0.1, -0.05) is 17.3 Å². The highest BCUT2D eigenvalue weighted by molar-refractivity contribution is 5.79. The van der Waals surface area contributed by atoms with Crippen LogP contribution in [0.15, 0.2) is 28.8 Å². The van der Waals surface area contributed by atoms with E-state index in [9.17, 15) is 4.79 Å². The van der Waals surface area contributed by atoms with Crippen LogP contribution in [0, 0.1) is 13.8 Å². The van der Waals surface area contributed by atoms with Gasteiger partial charge in [0.15, 0.2) is 0 Å². The highest BCUT2D eigenvalue weighted by Crippen LogP contribution is 2.18. The second-order valence-electron chi connectivity index (χ2n) is 6.56. The predicted octanol–water partition coefficient (Wildman–Crippen LogP) is 2.23. The number of ether oxygens (including phenoxy) is 1. The lowest BCUT2D eigenvalue weighted by atomic mass is 10.1. The van der Waals surface area contributed by atoms with Crippen molar-refractivity contribution in [1.82, 2.24) is 15.4 Å². The minimum Gasteiger partial charge on any atom is -0.489 e. The number of likely N-dealkylation sites (N-methyl/N-ethyl adjacent to an activating group) is 1. The van der Waals surface area contributed by atoms with Crippen molar-refractivity contribution in [3.05, 3.63) is 46.8 Å². The second kappa shape index (κ2) is 7.70. The molecular formula is C19H25N3O3. The molecule has 1 saturated heterocycles. The Bertz CT molecular complexity index is 699. The van der Waals surface area contributed by atoms with E-state index in [1.54, 1.807) is 0 Å². The molecule has 0 radical (unpaired) electrons. The van der Waals surface area contributed by atoms with Gasteiger partial charge in [-0.15, -0.1) is 0 Å². The summed E-state index contributed by atoms with van der Waals surface area (Å²) >= 11 is 0. The molecule has 1 aliphatic rings. The van der Waals surface area contributed by atoms with Gasteiger partial charge in [0.2, 0.25) is 5.91 Å². The first-order chi connectivity index (χ1) is 12.0. The summed E-state index contributed by atoms with van der Waals surface area (Å²) in [4.78, 5) is 14.3. The fraction of sp³-hybridized carbons (Fsp3) is 0.474. The molecule has 2 heterocycles. The standard InChI is InChI=1S/C19H25N3O3/c1-13-18(14(2)25-21-13)12-24-17-6-4-15(5-7-17)10-19(23)22(3)16-8-9-20-11-16/h4-7,16,20H,8-12H2,1-3H3. The van der Waals surface area contributed by atoms with E-state index in [1.165, 1.54) is 0 Å². The van der Waals surface area contributed by atoms with Crippen LogP contribution in [-0.2, 0) is 17.8 Å². The first-order valence-corrected chi connectivity index (χ1v) is 8.64. The Morgan fingerprint density at radius 3 is 2.72 bits per heavy atom. The van der Waals surface area contributed by atoms with Crippen LogP contribution in [0.4, 0.5) is 0 Å². The van der Waals surface area contributed by atoms with E-state index < -0.39 is 0 Å². The van der Waals surface area contributed by atoms with Gasteiger partial charge < -0.3 is 19.5 Å². The number of nitrogens with zero attached hydrogens (tertiary/aromatic N) is 2. The van der Waals surface area contributed by atoms with Crippen LogP contribution >= 0.6 is 0 Å². The third-order valence-electron chi connectivity index (χ3n) is 4.82. The van der Waals surface area contributed by atoms with E-state index in [0.29, 0.717) is 19.1 Å². The first kappa shape index (κ1) is 17.5. The number of carbonyl (C=O) groups is 1. The molecule has 1 aromatic carbocycles. The molecule has 0 aliphatic carbocycles. The van der Waals surface area contributed by atoms with Crippen molar-refractivity contribution in [2.45, 2.75) is 39.3 Å². The average molecular weight is 343 g/mol. The third kappa shape index (κ3) is 4.20. The van der Waals surface area contributed by atoms with Crippen molar-refractivity contribution in [1.29, 1.82) is 0 Å². The summed E-state index contributed by atoms with van der Waals surface area (Å²) in [5, 5.41) is 7.21. The highest BCUT2D eigenvalue weighted by atomic mass is 16.5. The fourth-order valence-corrected chi connectivity index (χ4v) is 3.04. The lowest BCUT2D eigenvalue weighted by molar-refractivity contribution is -0.130. The van der Waals surface area contributed by atoms with Gasteiger partial charge in [0.05, 0.1) is 17.7 Å². The molecule has 134 valence electrons. The average Bonchev–Trinajstić information content (AvgIpc) is 3.25. The zero-order valence-electron chi connectivity index (χ0n) is 15.0. The molecule has 0 saturated carbocycles. The largest absolute Gasteiger partial charge is 0.489 e. The smallest absolute Gasteiger partial charge is 0.227 e. The molecule has 1 aromatic heterocycles. The van der Waals surface area contributed by atoms with Gasteiger partial charge in [-0.2, -0.15) is 0 Å². The zero-order chi connectivity index (χ0) is 17.8. The number of hydrogen-bond donors (Lipinski definition) is 1. The number of aryl methyl sites for hydroxylation is 2. The Morgan fingerprint density at radius 2 is 2.12 bits per heavy atom. The van der Waals surface area contributed by atoms with Crippen LogP contribution in [0.25, 0.3) is 0 Å². The molecule has 6 nitrogen and oxygen atoms in total. The minimum absolute atomic E-state index is 0.151. The molecule has 1 amide bonds. The summed E-state index contributed by atoms with van der Waals surface area (Å²) < 4.78 is 10.9.